The lowest BCUT2D eigenvalue weighted by molar-refractivity contribution is 0.0909. The smallest absolute Gasteiger partial charge is 0.337 e. The summed E-state index contributed by atoms with van der Waals surface area (Å²) in [5.41, 5.74) is 5.84. The van der Waals surface area contributed by atoms with Crippen molar-refractivity contribution in [3.8, 4) is 11.8 Å². The van der Waals surface area contributed by atoms with Crippen molar-refractivity contribution in [3.05, 3.63) is 88.8 Å². The van der Waals surface area contributed by atoms with E-state index in [2.05, 4.69) is 28.0 Å². The molecule has 1 aromatic heterocycles. The highest BCUT2D eigenvalue weighted by molar-refractivity contribution is 6.30. The van der Waals surface area contributed by atoms with Gasteiger partial charge in [-0.25, -0.2) is 10.2 Å². The number of rotatable bonds is 2. The molecule has 7 heteroatoms. The Morgan fingerprint density at radius 3 is 2.33 bits per heavy atom. The Morgan fingerprint density at radius 1 is 0.852 bits per heavy atom. The van der Waals surface area contributed by atoms with Crippen LogP contribution in [0.25, 0.3) is 0 Å². The van der Waals surface area contributed by atoms with Crippen molar-refractivity contribution in [3.63, 3.8) is 0 Å². The third-order valence-corrected chi connectivity index (χ3v) is 3.58. The maximum absolute atomic E-state index is 12.0. The Morgan fingerprint density at radius 2 is 1.59 bits per heavy atom. The van der Waals surface area contributed by atoms with Crippen molar-refractivity contribution in [2.75, 3.05) is 5.32 Å². The van der Waals surface area contributed by atoms with E-state index in [4.69, 9.17) is 16.0 Å². The minimum absolute atomic E-state index is 0.0270. The maximum Gasteiger partial charge on any atom is 0.337 e. The molecule has 0 spiro atoms. The normalized spacial score (nSPS) is 9.67. The Hall–Kier alpha value is -3.69. The summed E-state index contributed by atoms with van der Waals surface area (Å²) in [5.74, 6) is 5.53. The number of nitrogens with one attached hydrogen (secondary N) is 3. The highest BCUT2D eigenvalue weighted by Gasteiger charge is 2.11. The first-order valence-electron chi connectivity index (χ1n) is 7.90. The molecule has 27 heavy (non-hydrogen) atoms. The molecule has 0 fully saturated rings. The van der Waals surface area contributed by atoms with Crippen LogP contribution in [0.3, 0.4) is 0 Å². The van der Waals surface area contributed by atoms with E-state index in [1.54, 1.807) is 30.3 Å². The van der Waals surface area contributed by atoms with Crippen molar-refractivity contribution in [2.24, 2.45) is 0 Å². The maximum atomic E-state index is 12.0. The Kier molecular flexibility index (Phi) is 5.77. The molecule has 3 aromatic rings. The van der Waals surface area contributed by atoms with Gasteiger partial charge in [-0.3, -0.25) is 10.2 Å². The summed E-state index contributed by atoms with van der Waals surface area (Å²) in [4.78, 5) is 23.8. The van der Waals surface area contributed by atoms with E-state index in [0.717, 1.165) is 5.56 Å². The fourth-order valence-corrected chi connectivity index (χ4v) is 2.18. The van der Waals surface area contributed by atoms with Gasteiger partial charge in [-0.1, -0.05) is 35.7 Å². The van der Waals surface area contributed by atoms with E-state index in [0.29, 0.717) is 16.5 Å². The van der Waals surface area contributed by atoms with E-state index >= 15 is 0 Å². The predicted octanol–water partition coefficient (Wildman–Crippen LogP) is 3.80. The monoisotopic (exact) mass is 379 g/mol. The van der Waals surface area contributed by atoms with Crippen LogP contribution in [-0.2, 0) is 0 Å². The van der Waals surface area contributed by atoms with Gasteiger partial charge in [-0.15, -0.1) is 0 Å². The molecule has 0 aliphatic carbocycles. The van der Waals surface area contributed by atoms with Gasteiger partial charge in [0.2, 0.25) is 0 Å². The lowest BCUT2D eigenvalue weighted by atomic mass is 10.2. The van der Waals surface area contributed by atoms with Gasteiger partial charge >= 0.3 is 11.9 Å². The van der Waals surface area contributed by atoms with Crippen LogP contribution in [0.2, 0.25) is 5.02 Å². The van der Waals surface area contributed by atoms with Crippen LogP contribution in [0, 0.1) is 11.8 Å². The zero-order valence-electron chi connectivity index (χ0n) is 14.0. The van der Waals surface area contributed by atoms with Gasteiger partial charge < -0.3 is 9.73 Å². The fourth-order valence-electron chi connectivity index (χ4n) is 2.05. The molecule has 0 saturated heterocycles. The quantitative estimate of drug-likeness (QED) is 0.468. The van der Waals surface area contributed by atoms with Gasteiger partial charge in [-0.2, -0.15) is 0 Å². The lowest BCUT2D eigenvalue weighted by Crippen LogP contribution is -2.43. The molecule has 0 radical (unpaired) electrons. The van der Waals surface area contributed by atoms with Gasteiger partial charge in [0, 0.05) is 16.3 Å². The second-order valence-electron chi connectivity index (χ2n) is 5.32. The molecule has 1 heterocycles. The highest BCUT2D eigenvalue weighted by atomic mass is 35.5. The molecular formula is C20H14ClN3O3. The Labute approximate surface area is 160 Å². The van der Waals surface area contributed by atoms with E-state index in [-0.39, 0.29) is 5.76 Å². The first-order valence-corrected chi connectivity index (χ1v) is 8.28. The number of anilines is 1. The molecule has 3 amide bonds. The number of hydrazine groups is 1. The molecule has 0 aliphatic heterocycles. The summed E-state index contributed by atoms with van der Waals surface area (Å²) in [6.45, 7) is 0. The lowest BCUT2D eigenvalue weighted by Gasteiger charge is -2.07. The molecule has 0 bridgehead atoms. The molecule has 0 aliphatic rings. The van der Waals surface area contributed by atoms with Crippen molar-refractivity contribution < 1.29 is 14.0 Å². The molecular weight excluding hydrogens is 366 g/mol. The summed E-state index contributed by atoms with van der Waals surface area (Å²) >= 11 is 5.77. The Balaban J connectivity index is 1.53. The summed E-state index contributed by atoms with van der Waals surface area (Å²) < 4.78 is 5.36. The van der Waals surface area contributed by atoms with Crippen LogP contribution < -0.4 is 16.2 Å². The Bertz CT molecular complexity index is 1000. The molecule has 0 saturated carbocycles. The van der Waals surface area contributed by atoms with Crippen molar-refractivity contribution in [2.45, 2.75) is 0 Å². The van der Waals surface area contributed by atoms with Gasteiger partial charge in [0.15, 0.2) is 11.5 Å². The number of carbonyl (C=O) groups is 2. The van der Waals surface area contributed by atoms with Crippen LogP contribution in [0.5, 0.6) is 0 Å². The summed E-state index contributed by atoms with van der Waals surface area (Å²) in [6.07, 6.45) is 0. The number of urea groups is 1. The molecule has 2 aromatic carbocycles. The van der Waals surface area contributed by atoms with Gasteiger partial charge in [0.05, 0.1) is 0 Å². The molecule has 134 valence electrons. The largest absolute Gasteiger partial charge is 0.443 e. The van der Waals surface area contributed by atoms with Crippen LogP contribution in [0.15, 0.2) is 71.1 Å². The van der Waals surface area contributed by atoms with Gasteiger partial charge in [0.25, 0.3) is 0 Å². The second kappa shape index (κ2) is 8.61. The van der Waals surface area contributed by atoms with Crippen LogP contribution in [0.1, 0.15) is 21.9 Å². The van der Waals surface area contributed by atoms with E-state index in [1.165, 1.54) is 6.07 Å². The third-order valence-electron chi connectivity index (χ3n) is 3.33. The number of furan rings is 1. The predicted molar refractivity (Wildman–Crippen MR) is 102 cm³/mol. The van der Waals surface area contributed by atoms with E-state index in [9.17, 15) is 9.59 Å². The van der Waals surface area contributed by atoms with Crippen LogP contribution in [-0.4, -0.2) is 11.9 Å². The minimum Gasteiger partial charge on any atom is -0.443 e. The number of carbonyl (C=O) groups excluding carboxylic acids is 2. The number of hydrogen-bond donors (Lipinski definition) is 3. The number of benzene rings is 2. The van der Waals surface area contributed by atoms with Gasteiger partial charge in [-0.05, 0) is 54.5 Å². The van der Waals surface area contributed by atoms with Crippen molar-refractivity contribution in [1.29, 1.82) is 0 Å². The molecule has 0 atom stereocenters. The topological polar surface area (TPSA) is 83.4 Å². The third kappa shape index (κ3) is 5.39. The number of hydrogen-bond acceptors (Lipinski definition) is 3. The molecule has 0 unspecified atom stereocenters. The summed E-state index contributed by atoms with van der Waals surface area (Å²) in [5, 5.41) is 3.10. The average Bonchev–Trinajstić information content (AvgIpc) is 3.16. The first-order chi connectivity index (χ1) is 13.1. The zero-order valence-corrected chi connectivity index (χ0v) is 14.7. The number of halogens is 1. The van der Waals surface area contributed by atoms with E-state index < -0.39 is 11.9 Å². The molecule has 3 N–H and O–H groups in total. The summed E-state index contributed by atoms with van der Waals surface area (Å²) in [6, 6.07) is 18.4. The SMILES string of the molecule is O=C(NNC(=O)c1ccc(C#Cc2ccccc2)o1)Nc1ccc(Cl)cc1. The summed E-state index contributed by atoms with van der Waals surface area (Å²) in [7, 11) is 0. The highest BCUT2D eigenvalue weighted by Crippen LogP contribution is 2.13. The molecule has 6 nitrogen and oxygen atoms in total. The standard InChI is InChI=1S/C20H14ClN3O3/c21-15-7-9-16(10-8-15)22-20(26)24-23-19(25)18-13-12-17(27-18)11-6-14-4-2-1-3-5-14/h1-5,7-10,12-13H,(H,23,25)(H2,22,24,26). The van der Waals surface area contributed by atoms with Crippen molar-refractivity contribution in [1.82, 2.24) is 10.9 Å². The zero-order chi connectivity index (χ0) is 19.1. The number of amides is 3. The first kappa shape index (κ1) is 18.1. The fraction of sp³-hybridized carbons (Fsp3) is 0. The second-order valence-corrected chi connectivity index (χ2v) is 5.76. The van der Waals surface area contributed by atoms with Gasteiger partial charge in [0.1, 0.15) is 0 Å². The van der Waals surface area contributed by atoms with Crippen LogP contribution in [0.4, 0.5) is 10.5 Å². The minimum atomic E-state index is -0.610. The molecule has 3 rings (SSSR count). The van der Waals surface area contributed by atoms with E-state index in [1.807, 2.05) is 30.3 Å². The van der Waals surface area contributed by atoms with Crippen molar-refractivity contribution >= 4 is 29.2 Å². The van der Waals surface area contributed by atoms with Crippen LogP contribution >= 0.6 is 11.6 Å². The average molecular weight is 380 g/mol.